The van der Waals surface area contributed by atoms with Gasteiger partial charge in [0.2, 0.25) is 0 Å². The molecule has 0 fully saturated rings. The van der Waals surface area contributed by atoms with Gasteiger partial charge in [0.1, 0.15) is 9.84 Å². The Morgan fingerprint density at radius 3 is 2.00 bits per heavy atom. The van der Waals surface area contributed by atoms with E-state index in [1.165, 1.54) is 0 Å². The molecule has 1 radical (unpaired) electrons. The Bertz CT molecular complexity index is 179. The SMILES string of the molecule is [CH2]CCCCS(=O)(=O)CCCCC. The molecule has 0 aromatic heterocycles. The number of hydrogen-bond acceptors (Lipinski definition) is 2. The maximum atomic E-state index is 11.4. The van der Waals surface area contributed by atoms with Gasteiger partial charge in [0.15, 0.2) is 0 Å². The topological polar surface area (TPSA) is 34.1 Å². The molecule has 0 bridgehead atoms. The van der Waals surface area contributed by atoms with E-state index in [0.717, 1.165) is 38.5 Å². The van der Waals surface area contributed by atoms with Gasteiger partial charge < -0.3 is 0 Å². The molecular weight excluding hydrogens is 184 g/mol. The maximum Gasteiger partial charge on any atom is 0.150 e. The maximum absolute atomic E-state index is 11.4. The molecule has 0 heterocycles. The molecular formula is C10H21O2S. The molecule has 0 aliphatic rings. The Labute approximate surface area is 82.6 Å². The standard InChI is InChI=1S/C10H21O2S/c1-3-5-7-9-13(11,12)10-8-6-4-2/h1,3-10H2,2H3. The minimum Gasteiger partial charge on any atom is -0.229 e. The molecule has 0 saturated carbocycles. The van der Waals surface area contributed by atoms with E-state index in [2.05, 4.69) is 13.8 Å². The van der Waals surface area contributed by atoms with Crippen LogP contribution in [0, 0.1) is 6.92 Å². The summed E-state index contributed by atoms with van der Waals surface area (Å²) in [4.78, 5) is 0. The summed E-state index contributed by atoms with van der Waals surface area (Å²) in [5.74, 6) is 0.726. The molecule has 2 nitrogen and oxygen atoms in total. The second kappa shape index (κ2) is 7.36. The number of unbranched alkanes of at least 4 members (excludes halogenated alkanes) is 4. The molecule has 3 heteroatoms. The molecule has 0 aromatic rings. The minimum atomic E-state index is -2.75. The molecule has 0 spiro atoms. The lowest BCUT2D eigenvalue weighted by atomic mass is 10.3. The van der Waals surface area contributed by atoms with Crippen LogP contribution in [0.5, 0.6) is 0 Å². The Hall–Kier alpha value is -0.0500. The van der Waals surface area contributed by atoms with Crippen LogP contribution in [0.3, 0.4) is 0 Å². The van der Waals surface area contributed by atoms with Crippen LogP contribution >= 0.6 is 0 Å². The molecule has 0 atom stereocenters. The van der Waals surface area contributed by atoms with Crippen LogP contribution in [0.2, 0.25) is 0 Å². The minimum absolute atomic E-state index is 0.353. The molecule has 0 amide bonds. The zero-order valence-corrected chi connectivity index (χ0v) is 9.41. The van der Waals surface area contributed by atoms with Crippen molar-refractivity contribution in [2.75, 3.05) is 11.5 Å². The highest BCUT2D eigenvalue weighted by atomic mass is 32.2. The highest BCUT2D eigenvalue weighted by molar-refractivity contribution is 7.91. The van der Waals surface area contributed by atoms with Gasteiger partial charge in [-0.1, -0.05) is 39.5 Å². The van der Waals surface area contributed by atoms with E-state index in [1.54, 1.807) is 0 Å². The van der Waals surface area contributed by atoms with E-state index >= 15 is 0 Å². The van der Waals surface area contributed by atoms with Crippen molar-refractivity contribution in [1.29, 1.82) is 0 Å². The fourth-order valence-electron chi connectivity index (χ4n) is 1.17. The van der Waals surface area contributed by atoms with E-state index in [1.807, 2.05) is 0 Å². The third kappa shape index (κ3) is 8.28. The summed E-state index contributed by atoms with van der Waals surface area (Å²) in [7, 11) is -2.75. The molecule has 0 saturated heterocycles. The largest absolute Gasteiger partial charge is 0.229 e. The third-order valence-corrected chi connectivity index (χ3v) is 3.84. The van der Waals surface area contributed by atoms with Gasteiger partial charge in [0.25, 0.3) is 0 Å². The molecule has 0 aromatic carbocycles. The van der Waals surface area contributed by atoms with E-state index in [4.69, 9.17) is 0 Å². The van der Waals surface area contributed by atoms with Gasteiger partial charge in [-0.05, 0) is 12.8 Å². The molecule has 13 heavy (non-hydrogen) atoms. The smallest absolute Gasteiger partial charge is 0.150 e. The summed E-state index contributed by atoms with van der Waals surface area (Å²) < 4.78 is 22.7. The molecule has 0 N–H and O–H groups in total. The zero-order chi connectivity index (χ0) is 10.2. The monoisotopic (exact) mass is 205 g/mol. The Morgan fingerprint density at radius 1 is 1.00 bits per heavy atom. The fraction of sp³-hybridized carbons (Fsp3) is 0.900. The van der Waals surface area contributed by atoms with Crippen molar-refractivity contribution in [3.05, 3.63) is 6.92 Å². The van der Waals surface area contributed by atoms with Gasteiger partial charge in [-0.2, -0.15) is 0 Å². The summed E-state index contributed by atoms with van der Waals surface area (Å²) in [5.41, 5.74) is 0. The van der Waals surface area contributed by atoms with E-state index in [9.17, 15) is 8.42 Å². The lowest BCUT2D eigenvalue weighted by Crippen LogP contribution is -2.10. The van der Waals surface area contributed by atoms with Crippen LogP contribution in [-0.2, 0) is 9.84 Å². The van der Waals surface area contributed by atoms with Gasteiger partial charge in [0.05, 0.1) is 11.5 Å². The van der Waals surface area contributed by atoms with Crippen molar-refractivity contribution in [2.24, 2.45) is 0 Å². The lowest BCUT2D eigenvalue weighted by Gasteiger charge is -2.02. The summed E-state index contributed by atoms with van der Waals surface area (Å²) in [6, 6.07) is 0. The van der Waals surface area contributed by atoms with Crippen molar-refractivity contribution >= 4 is 9.84 Å². The van der Waals surface area contributed by atoms with Crippen LogP contribution in [-0.4, -0.2) is 19.9 Å². The van der Waals surface area contributed by atoms with Crippen molar-refractivity contribution < 1.29 is 8.42 Å². The number of hydrogen-bond donors (Lipinski definition) is 0. The lowest BCUT2D eigenvalue weighted by molar-refractivity contribution is 0.586. The summed E-state index contributed by atoms with van der Waals surface area (Å²) in [5, 5.41) is 0. The molecule has 0 aliphatic heterocycles. The molecule has 79 valence electrons. The Kier molecular flexibility index (Phi) is 7.33. The second-order valence-electron chi connectivity index (χ2n) is 3.42. The first kappa shape index (κ1) is 12.9. The Balaban J connectivity index is 3.55. The highest BCUT2D eigenvalue weighted by Crippen LogP contribution is 2.04. The summed E-state index contributed by atoms with van der Waals surface area (Å²) >= 11 is 0. The average Bonchev–Trinajstić information content (AvgIpc) is 2.05. The first-order valence-corrected chi connectivity index (χ1v) is 6.94. The number of sulfone groups is 1. The average molecular weight is 205 g/mol. The first-order valence-electron chi connectivity index (χ1n) is 5.12. The van der Waals surface area contributed by atoms with Gasteiger partial charge in [-0.3, -0.25) is 0 Å². The van der Waals surface area contributed by atoms with E-state index in [0.29, 0.717) is 11.5 Å². The molecule has 0 unspecified atom stereocenters. The van der Waals surface area contributed by atoms with Crippen molar-refractivity contribution in [1.82, 2.24) is 0 Å². The predicted molar refractivity (Wildman–Crippen MR) is 57.4 cm³/mol. The van der Waals surface area contributed by atoms with Crippen LogP contribution in [0.25, 0.3) is 0 Å². The van der Waals surface area contributed by atoms with Crippen LogP contribution in [0.15, 0.2) is 0 Å². The van der Waals surface area contributed by atoms with Gasteiger partial charge in [-0.15, -0.1) is 0 Å². The van der Waals surface area contributed by atoms with Gasteiger partial charge in [0, 0.05) is 0 Å². The van der Waals surface area contributed by atoms with E-state index < -0.39 is 9.84 Å². The van der Waals surface area contributed by atoms with Crippen LogP contribution in [0.4, 0.5) is 0 Å². The van der Waals surface area contributed by atoms with Crippen molar-refractivity contribution in [3.8, 4) is 0 Å². The van der Waals surface area contributed by atoms with E-state index in [-0.39, 0.29) is 0 Å². The second-order valence-corrected chi connectivity index (χ2v) is 5.72. The quantitative estimate of drug-likeness (QED) is 0.571. The normalized spacial score (nSPS) is 11.8. The third-order valence-electron chi connectivity index (χ3n) is 2.01. The van der Waals surface area contributed by atoms with Crippen LogP contribution < -0.4 is 0 Å². The zero-order valence-electron chi connectivity index (χ0n) is 8.59. The summed E-state index contributed by atoms with van der Waals surface area (Å²) in [6.07, 6.45) is 5.46. The van der Waals surface area contributed by atoms with Gasteiger partial charge in [-0.25, -0.2) is 8.42 Å². The fourth-order valence-corrected chi connectivity index (χ4v) is 2.66. The van der Waals surface area contributed by atoms with Gasteiger partial charge >= 0.3 is 0 Å². The summed E-state index contributed by atoms with van der Waals surface area (Å²) in [6.45, 7) is 5.76. The predicted octanol–water partition coefficient (Wildman–Crippen LogP) is 2.60. The van der Waals surface area contributed by atoms with Crippen molar-refractivity contribution in [2.45, 2.75) is 45.4 Å². The number of rotatable bonds is 8. The molecule has 0 rings (SSSR count). The molecule has 0 aliphatic carbocycles. The van der Waals surface area contributed by atoms with Crippen molar-refractivity contribution in [3.63, 3.8) is 0 Å². The van der Waals surface area contributed by atoms with Crippen LogP contribution in [0.1, 0.15) is 45.4 Å². The highest BCUT2D eigenvalue weighted by Gasteiger charge is 2.08. The first-order chi connectivity index (χ1) is 6.12. The Morgan fingerprint density at radius 2 is 1.54 bits per heavy atom.